The van der Waals surface area contributed by atoms with Crippen molar-refractivity contribution in [2.45, 2.75) is 13.0 Å². The van der Waals surface area contributed by atoms with Gasteiger partial charge in [0.2, 0.25) is 0 Å². The molecule has 0 radical (unpaired) electrons. The van der Waals surface area contributed by atoms with Crippen molar-refractivity contribution in [1.29, 1.82) is 0 Å². The van der Waals surface area contributed by atoms with E-state index < -0.39 is 0 Å². The Hall–Kier alpha value is -2.45. The van der Waals surface area contributed by atoms with Gasteiger partial charge in [-0.3, -0.25) is 4.68 Å². The molecule has 134 valence electrons. The number of methoxy groups -OCH3 is 2. The van der Waals surface area contributed by atoms with Crippen molar-refractivity contribution < 1.29 is 14.3 Å². The topological polar surface area (TPSA) is 77.4 Å². The Bertz CT molecular complexity index is 717. The molecule has 0 aliphatic carbocycles. The molecule has 1 aromatic heterocycles. The minimum Gasteiger partial charge on any atom is -0.465 e. The lowest BCUT2D eigenvalue weighted by Gasteiger charge is -2.09. The number of nitrogens with one attached hydrogen (secondary N) is 2. The van der Waals surface area contributed by atoms with Gasteiger partial charge in [0.1, 0.15) is 0 Å². The van der Waals surface area contributed by atoms with Crippen LogP contribution in [0.25, 0.3) is 0 Å². The highest BCUT2D eigenvalue weighted by Gasteiger charge is 2.11. The summed E-state index contributed by atoms with van der Waals surface area (Å²) in [6, 6.07) is 7.30. The van der Waals surface area contributed by atoms with E-state index in [9.17, 15) is 4.79 Å². The van der Waals surface area contributed by atoms with Crippen LogP contribution >= 0.6 is 12.2 Å². The molecule has 2 rings (SSSR count). The molecule has 2 N–H and O–H groups in total. The highest BCUT2D eigenvalue weighted by atomic mass is 32.1. The molecule has 2 aromatic rings. The molecule has 25 heavy (non-hydrogen) atoms. The van der Waals surface area contributed by atoms with Crippen LogP contribution in [-0.2, 0) is 16.0 Å². The molecule has 8 heteroatoms. The number of carbonyl (C=O) groups excluding carboxylic acids is 1. The predicted molar refractivity (Wildman–Crippen MR) is 99.8 cm³/mol. The molecule has 0 saturated heterocycles. The third-order valence-corrected chi connectivity index (χ3v) is 3.70. The van der Waals surface area contributed by atoms with Crippen molar-refractivity contribution in [2.24, 2.45) is 0 Å². The molecule has 0 atom stereocenters. The molecule has 0 aliphatic rings. The third kappa shape index (κ3) is 5.84. The summed E-state index contributed by atoms with van der Waals surface area (Å²) >= 11 is 5.23. The van der Waals surface area contributed by atoms with E-state index in [0.29, 0.717) is 23.8 Å². The predicted octanol–water partition coefficient (Wildman–Crippen LogP) is 2.04. The van der Waals surface area contributed by atoms with Crippen molar-refractivity contribution in [3.05, 3.63) is 47.8 Å². The van der Waals surface area contributed by atoms with E-state index in [1.807, 2.05) is 18.3 Å². The molecule has 0 fully saturated rings. The Morgan fingerprint density at radius 1 is 1.32 bits per heavy atom. The van der Waals surface area contributed by atoms with Crippen molar-refractivity contribution in [3.63, 3.8) is 0 Å². The van der Waals surface area contributed by atoms with Gasteiger partial charge in [-0.2, -0.15) is 5.10 Å². The van der Waals surface area contributed by atoms with Crippen LogP contribution in [-0.4, -0.2) is 48.2 Å². The maximum absolute atomic E-state index is 11.8. The Labute approximate surface area is 152 Å². The normalized spacial score (nSPS) is 10.3. The average Bonchev–Trinajstić information content (AvgIpc) is 3.05. The standard InChI is InChI=1S/C17H22N4O3S/c1-23-9-5-8-18-17(25)20-14-10-19-21(12-14)11-13-6-3-4-7-15(13)16(22)24-2/h3-4,6-7,10,12H,5,8-9,11H2,1-2H3,(H2,18,20,25). The highest BCUT2D eigenvalue weighted by Crippen LogP contribution is 2.13. The molecular formula is C17H22N4O3S. The van der Waals surface area contributed by atoms with Crippen LogP contribution in [0, 0.1) is 0 Å². The number of anilines is 1. The van der Waals surface area contributed by atoms with Gasteiger partial charge in [0.25, 0.3) is 0 Å². The number of benzene rings is 1. The number of ether oxygens (including phenoxy) is 2. The number of hydrogen-bond acceptors (Lipinski definition) is 5. The molecule has 7 nitrogen and oxygen atoms in total. The van der Waals surface area contributed by atoms with E-state index in [0.717, 1.165) is 24.2 Å². The minimum atomic E-state index is -0.359. The fraction of sp³-hybridized carbons (Fsp3) is 0.353. The first-order valence-corrected chi connectivity index (χ1v) is 8.27. The molecule has 1 aromatic carbocycles. The summed E-state index contributed by atoms with van der Waals surface area (Å²) in [5, 5.41) is 11.0. The second-order valence-electron chi connectivity index (χ2n) is 5.30. The quantitative estimate of drug-likeness (QED) is 0.423. The fourth-order valence-electron chi connectivity index (χ4n) is 2.25. The van der Waals surface area contributed by atoms with Gasteiger partial charge < -0.3 is 20.1 Å². The highest BCUT2D eigenvalue weighted by molar-refractivity contribution is 7.80. The maximum atomic E-state index is 11.8. The summed E-state index contributed by atoms with van der Waals surface area (Å²) in [6.07, 6.45) is 4.39. The van der Waals surface area contributed by atoms with E-state index in [1.165, 1.54) is 7.11 Å². The Balaban J connectivity index is 1.94. The van der Waals surface area contributed by atoms with Crippen LogP contribution in [0.15, 0.2) is 36.7 Å². The molecule has 0 saturated carbocycles. The zero-order valence-corrected chi connectivity index (χ0v) is 15.1. The van der Waals surface area contributed by atoms with Crippen LogP contribution in [0.5, 0.6) is 0 Å². The fourth-order valence-corrected chi connectivity index (χ4v) is 2.47. The first-order chi connectivity index (χ1) is 12.1. The van der Waals surface area contributed by atoms with Gasteiger partial charge >= 0.3 is 5.97 Å². The van der Waals surface area contributed by atoms with Crippen LogP contribution in [0.1, 0.15) is 22.3 Å². The van der Waals surface area contributed by atoms with E-state index in [2.05, 4.69) is 15.7 Å². The molecule has 0 aliphatic heterocycles. The van der Waals surface area contributed by atoms with Crippen molar-refractivity contribution >= 4 is 29.0 Å². The van der Waals surface area contributed by atoms with E-state index in [1.54, 1.807) is 30.1 Å². The van der Waals surface area contributed by atoms with Crippen molar-refractivity contribution in [2.75, 3.05) is 32.7 Å². The van der Waals surface area contributed by atoms with E-state index in [-0.39, 0.29) is 5.97 Å². The summed E-state index contributed by atoms with van der Waals surface area (Å²) in [4.78, 5) is 11.8. The number of carbonyl (C=O) groups is 1. The largest absolute Gasteiger partial charge is 0.465 e. The smallest absolute Gasteiger partial charge is 0.338 e. The van der Waals surface area contributed by atoms with Gasteiger partial charge in [-0.05, 0) is 30.3 Å². The molecule has 0 bridgehead atoms. The van der Waals surface area contributed by atoms with Gasteiger partial charge in [-0.1, -0.05) is 18.2 Å². The zero-order valence-electron chi connectivity index (χ0n) is 14.3. The first kappa shape index (κ1) is 18.9. The number of hydrogen-bond donors (Lipinski definition) is 2. The number of aromatic nitrogens is 2. The number of nitrogens with zero attached hydrogens (tertiary/aromatic N) is 2. The van der Waals surface area contributed by atoms with Crippen LogP contribution in [0.4, 0.5) is 5.69 Å². The van der Waals surface area contributed by atoms with Crippen molar-refractivity contribution in [1.82, 2.24) is 15.1 Å². The maximum Gasteiger partial charge on any atom is 0.338 e. The summed E-state index contributed by atoms with van der Waals surface area (Å²) < 4.78 is 11.5. The van der Waals surface area contributed by atoms with Gasteiger partial charge in [0, 0.05) is 26.5 Å². The first-order valence-electron chi connectivity index (χ1n) is 7.86. The SMILES string of the molecule is COCCCNC(=S)Nc1cnn(Cc2ccccc2C(=O)OC)c1. The molecule has 0 spiro atoms. The average molecular weight is 362 g/mol. The van der Waals surface area contributed by atoms with Crippen LogP contribution in [0.3, 0.4) is 0 Å². The van der Waals surface area contributed by atoms with Gasteiger partial charge in [-0.15, -0.1) is 0 Å². The summed E-state index contributed by atoms with van der Waals surface area (Å²) in [5.74, 6) is -0.359. The molecule has 0 amide bonds. The van der Waals surface area contributed by atoms with Crippen LogP contribution < -0.4 is 10.6 Å². The molecule has 0 unspecified atom stereocenters. The second-order valence-corrected chi connectivity index (χ2v) is 5.71. The Morgan fingerprint density at radius 3 is 2.88 bits per heavy atom. The number of esters is 1. The van der Waals surface area contributed by atoms with Crippen LogP contribution in [0.2, 0.25) is 0 Å². The van der Waals surface area contributed by atoms with Gasteiger partial charge in [-0.25, -0.2) is 4.79 Å². The third-order valence-electron chi connectivity index (χ3n) is 3.46. The van der Waals surface area contributed by atoms with E-state index in [4.69, 9.17) is 21.7 Å². The number of thiocarbonyl (C=S) groups is 1. The Morgan fingerprint density at radius 2 is 2.12 bits per heavy atom. The summed E-state index contributed by atoms with van der Waals surface area (Å²) in [6.45, 7) is 1.88. The van der Waals surface area contributed by atoms with Crippen molar-refractivity contribution in [3.8, 4) is 0 Å². The monoisotopic (exact) mass is 362 g/mol. The zero-order chi connectivity index (χ0) is 18.1. The lowest BCUT2D eigenvalue weighted by atomic mass is 10.1. The minimum absolute atomic E-state index is 0.359. The van der Waals surface area contributed by atoms with Gasteiger partial charge in [0.15, 0.2) is 5.11 Å². The lowest BCUT2D eigenvalue weighted by Crippen LogP contribution is -2.29. The molecule has 1 heterocycles. The second kappa shape index (κ2) is 9.75. The van der Waals surface area contributed by atoms with Gasteiger partial charge in [0.05, 0.1) is 31.1 Å². The lowest BCUT2D eigenvalue weighted by molar-refractivity contribution is 0.0599. The Kier molecular flexibility index (Phi) is 7.36. The summed E-state index contributed by atoms with van der Waals surface area (Å²) in [7, 11) is 3.04. The molecular weight excluding hydrogens is 340 g/mol. The summed E-state index contributed by atoms with van der Waals surface area (Å²) in [5.41, 5.74) is 2.15. The number of rotatable bonds is 8. The van der Waals surface area contributed by atoms with E-state index >= 15 is 0 Å².